The number of carbonyl (C=O) groups excluding carboxylic acids is 2. The van der Waals surface area contributed by atoms with Crippen LogP contribution in [0.25, 0.3) is 0 Å². The molecule has 1 aromatic carbocycles. The van der Waals surface area contributed by atoms with Crippen molar-refractivity contribution in [3.8, 4) is 0 Å². The molecule has 1 aliphatic heterocycles. The van der Waals surface area contributed by atoms with Crippen LogP contribution in [0.1, 0.15) is 18.2 Å². The number of nitrogens with one attached hydrogen (secondary N) is 2. The number of rotatable bonds is 7. The van der Waals surface area contributed by atoms with E-state index < -0.39 is 11.7 Å². The molecule has 1 fully saturated rings. The smallest absolute Gasteiger partial charge is 0.416 e. The average molecular weight is 457 g/mol. The van der Waals surface area contributed by atoms with Crippen LogP contribution in [0, 0.1) is 0 Å². The first-order chi connectivity index (χ1) is 14.7. The van der Waals surface area contributed by atoms with E-state index in [2.05, 4.69) is 10.3 Å². The van der Waals surface area contributed by atoms with Gasteiger partial charge >= 0.3 is 12.1 Å². The molecule has 0 bridgehead atoms. The largest absolute Gasteiger partial charge is 0.466 e. The number of aromatic nitrogens is 1. The van der Waals surface area contributed by atoms with Gasteiger partial charge in [-0.05, 0) is 25.1 Å². The molecule has 3 rings (SSSR count). The van der Waals surface area contributed by atoms with Crippen LogP contribution >= 0.6 is 11.3 Å². The van der Waals surface area contributed by atoms with Gasteiger partial charge in [0, 0.05) is 11.1 Å². The van der Waals surface area contributed by atoms with E-state index in [0.29, 0.717) is 49.3 Å². The van der Waals surface area contributed by atoms with Crippen LogP contribution in [0.5, 0.6) is 0 Å². The van der Waals surface area contributed by atoms with Crippen LogP contribution in [-0.4, -0.2) is 56.2 Å². The molecule has 2 N–H and O–H groups in total. The highest BCUT2D eigenvalue weighted by Gasteiger charge is 2.31. The maximum absolute atomic E-state index is 12.9. The lowest BCUT2D eigenvalue weighted by atomic mass is 10.1. The standard InChI is InChI=1S/C20H23F3N4O3S/c1-2-30-18(29)11-15-13-31-19(24-15)25-17(28)12-26-6-8-27(9-7-26)16-5-3-4-14(10-16)20(21,22)23/h3-5,10,13H,2,6-9,11-12H2,1H3,(H,24,25,28)/p+1. The number of hydrogen-bond donors (Lipinski definition) is 2. The second kappa shape index (κ2) is 10.1. The minimum absolute atomic E-state index is 0.0585. The molecule has 0 radical (unpaired) electrons. The molecule has 11 heteroatoms. The third-order valence-electron chi connectivity index (χ3n) is 4.85. The van der Waals surface area contributed by atoms with Crippen molar-refractivity contribution in [2.45, 2.75) is 19.5 Å². The van der Waals surface area contributed by atoms with E-state index >= 15 is 0 Å². The van der Waals surface area contributed by atoms with Crippen LogP contribution in [0.4, 0.5) is 24.0 Å². The summed E-state index contributed by atoms with van der Waals surface area (Å²) in [7, 11) is 0. The van der Waals surface area contributed by atoms with Gasteiger partial charge in [0.15, 0.2) is 11.7 Å². The molecule has 0 atom stereocenters. The van der Waals surface area contributed by atoms with Gasteiger partial charge in [-0.3, -0.25) is 14.9 Å². The van der Waals surface area contributed by atoms with Gasteiger partial charge in [0.1, 0.15) is 0 Å². The average Bonchev–Trinajstić information content (AvgIpc) is 3.14. The van der Waals surface area contributed by atoms with Crippen molar-refractivity contribution < 1.29 is 32.4 Å². The first kappa shape index (κ1) is 23.0. The monoisotopic (exact) mass is 457 g/mol. The summed E-state index contributed by atoms with van der Waals surface area (Å²) in [5.74, 6) is -0.562. The number of halogens is 3. The van der Waals surface area contributed by atoms with Gasteiger partial charge in [0.2, 0.25) is 0 Å². The number of quaternary nitrogens is 1. The van der Waals surface area contributed by atoms with Crippen molar-refractivity contribution in [3.63, 3.8) is 0 Å². The summed E-state index contributed by atoms with van der Waals surface area (Å²) in [5.41, 5.74) is 0.418. The van der Waals surface area contributed by atoms with Crippen molar-refractivity contribution in [2.75, 3.05) is 49.5 Å². The number of esters is 1. The van der Waals surface area contributed by atoms with Gasteiger partial charge < -0.3 is 14.5 Å². The molecule has 2 heterocycles. The minimum Gasteiger partial charge on any atom is -0.466 e. The van der Waals surface area contributed by atoms with Crippen molar-refractivity contribution in [3.05, 3.63) is 40.9 Å². The highest BCUT2D eigenvalue weighted by atomic mass is 32.1. The van der Waals surface area contributed by atoms with Gasteiger partial charge in [-0.1, -0.05) is 6.07 Å². The molecule has 2 aromatic rings. The number of piperazine rings is 1. The SMILES string of the molecule is CCOC(=O)Cc1csc(NC(=O)C[NH+]2CCN(c3cccc(C(F)(F)F)c3)CC2)n1. The highest BCUT2D eigenvalue weighted by molar-refractivity contribution is 7.13. The maximum Gasteiger partial charge on any atom is 0.416 e. The quantitative estimate of drug-likeness (QED) is 0.618. The van der Waals surface area contributed by atoms with Crippen molar-refractivity contribution in [2.24, 2.45) is 0 Å². The van der Waals surface area contributed by atoms with Gasteiger partial charge in [-0.2, -0.15) is 13.2 Å². The van der Waals surface area contributed by atoms with Crippen LogP contribution < -0.4 is 15.1 Å². The number of thiazole rings is 1. The first-order valence-corrected chi connectivity index (χ1v) is 10.8. The maximum atomic E-state index is 12.9. The van der Waals surface area contributed by atoms with Crippen LogP contribution in [0.3, 0.4) is 0 Å². The molecule has 0 spiro atoms. The molecule has 1 amide bonds. The normalized spacial score (nSPS) is 15.0. The molecule has 0 aliphatic carbocycles. The summed E-state index contributed by atoms with van der Waals surface area (Å²) in [5, 5.41) is 4.86. The first-order valence-electron chi connectivity index (χ1n) is 9.90. The predicted molar refractivity (Wildman–Crippen MR) is 110 cm³/mol. The summed E-state index contributed by atoms with van der Waals surface area (Å²) < 4.78 is 43.6. The molecule has 31 heavy (non-hydrogen) atoms. The molecular formula is C20H24F3N4O3S+. The van der Waals surface area contributed by atoms with Gasteiger partial charge in [-0.25, -0.2) is 4.98 Å². The number of carbonyl (C=O) groups is 2. The molecule has 1 aromatic heterocycles. The lowest BCUT2D eigenvalue weighted by Crippen LogP contribution is -3.15. The summed E-state index contributed by atoms with van der Waals surface area (Å²) in [6.07, 6.45) is -4.31. The highest BCUT2D eigenvalue weighted by Crippen LogP contribution is 2.31. The number of alkyl halides is 3. The van der Waals surface area contributed by atoms with Crippen LogP contribution in [-0.2, 0) is 26.9 Å². The third kappa shape index (κ3) is 6.66. The van der Waals surface area contributed by atoms with E-state index in [1.165, 1.54) is 17.4 Å². The van der Waals surface area contributed by atoms with E-state index in [4.69, 9.17) is 4.74 Å². The fourth-order valence-electron chi connectivity index (χ4n) is 3.33. The van der Waals surface area contributed by atoms with E-state index in [0.717, 1.165) is 17.0 Å². The Morgan fingerprint density at radius 2 is 2.03 bits per heavy atom. The number of benzene rings is 1. The zero-order valence-corrected chi connectivity index (χ0v) is 17.8. The fraction of sp³-hybridized carbons (Fsp3) is 0.450. The van der Waals surface area contributed by atoms with E-state index in [9.17, 15) is 22.8 Å². The molecule has 0 saturated carbocycles. The van der Waals surface area contributed by atoms with E-state index in [1.54, 1.807) is 18.4 Å². The number of nitrogens with zero attached hydrogens (tertiary/aromatic N) is 2. The van der Waals surface area contributed by atoms with Gasteiger partial charge in [0.25, 0.3) is 5.91 Å². The lowest BCUT2D eigenvalue weighted by molar-refractivity contribution is -0.892. The van der Waals surface area contributed by atoms with Crippen molar-refractivity contribution in [1.82, 2.24) is 4.98 Å². The van der Waals surface area contributed by atoms with Crippen molar-refractivity contribution >= 4 is 34.0 Å². The molecule has 7 nitrogen and oxygen atoms in total. The predicted octanol–water partition coefficient (Wildman–Crippen LogP) is 1.61. The fourth-order valence-corrected chi connectivity index (χ4v) is 4.06. The molecule has 0 unspecified atom stereocenters. The summed E-state index contributed by atoms with van der Waals surface area (Å²) >= 11 is 1.24. The van der Waals surface area contributed by atoms with Gasteiger partial charge in [-0.15, -0.1) is 11.3 Å². The Balaban J connectivity index is 1.46. The third-order valence-corrected chi connectivity index (χ3v) is 5.66. The van der Waals surface area contributed by atoms with Crippen LogP contribution in [0.2, 0.25) is 0 Å². The molecule has 1 aliphatic rings. The van der Waals surface area contributed by atoms with E-state index in [1.807, 2.05) is 4.90 Å². The number of hydrogen-bond acceptors (Lipinski definition) is 6. The number of anilines is 2. The Morgan fingerprint density at radius 1 is 1.29 bits per heavy atom. The number of ether oxygens (including phenoxy) is 1. The Kier molecular flexibility index (Phi) is 7.50. The zero-order valence-electron chi connectivity index (χ0n) is 17.0. The minimum atomic E-state index is -4.37. The van der Waals surface area contributed by atoms with Gasteiger partial charge in [0.05, 0.1) is 50.5 Å². The van der Waals surface area contributed by atoms with E-state index in [-0.39, 0.29) is 24.8 Å². The summed E-state index contributed by atoms with van der Waals surface area (Å²) in [6.45, 7) is 4.66. The topological polar surface area (TPSA) is 76.0 Å². The Hall–Kier alpha value is -2.66. The van der Waals surface area contributed by atoms with Crippen molar-refractivity contribution in [1.29, 1.82) is 0 Å². The summed E-state index contributed by atoms with van der Waals surface area (Å²) in [6, 6.07) is 5.30. The summed E-state index contributed by atoms with van der Waals surface area (Å²) in [4.78, 5) is 31.0. The molecule has 168 valence electrons. The second-order valence-electron chi connectivity index (χ2n) is 7.14. The Bertz CT molecular complexity index is 911. The zero-order chi connectivity index (χ0) is 22.4. The number of amides is 1. The second-order valence-corrected chi connectivity index (χ2v) is 7.99. The van der Waals surface area contributed by atoms with Crippen LogP contribution in [0.15, 0.2) is 29.6 Å². The Labute approximate surface area is 181 Å². The lowest BCUT2D eigenvalue weighted by Gasteiger charge is -2.33. The Morgan fingerprint density at radius 3 is 2.71 bits per heavy atom. The molecule has 1 saturated heterocycles. The molecular weight excluding hydrogens is 433 g/mol.